The first-order valence-corrected chi connectivity index (χ1v) is 13.2. The summed E-state index contributed by atoms with van der Waals surface area (Å²) in [4.78, 5) is 15.1. The van der Waals surface area contributed by atoms with Crippen LogP contribution >= 0.6 is 0 Å². The van der Waals surface area contributed by atoms with Gasteiger partial charge in [0.05, 0.1) is 5.56 Å². The van der Waals surface area contributed by atoms with Crippen LogP contribution in [0.4, 0.5) is 29.1 Å². The molecule has 0 spiro atoms. The number of halogens is 4. The maximum Gasteiger partial charge on any atom is 0.416 e. The number of benzene rings is 2. The van der Waals surface area contributed by atoms with Crippen molar-refractivity contribution in [3.8, 4) is 17.7 Å². The van der Waals surface area contributed by atoms with E-state index in [9.17, 15) is 18.4 Å². The molecule has 4 aromatic rings. The molecule has 2 N–H and O–H groups in total. The highest BCUT2D eigenvalue weighted by atomic mass is 19.4. The van der Waals surface area contributed by atoms with E-state index >= 15 is 4.39 Å². The lowest BCUT2D eigenvalue weighted by molar-refractivity contribution is -0.138. The Morgan fingerprint density at radius 3 is 2.49 bits per heavy atom. The van der Waals surface area contributed by atoms with Crippen LogP contribution in [-0.4, -0.2) is 58.0 Å². The zero-order valence-electron chi connectivity index (χ0n) is 23.2. The van der Waals surface area contributed by atoms with E-state index in [0.29, 0.717) is 24.0 Å². The highest BCUT2D eigenvalue weighted by molar-refractivity contribution is 5.83. The zero-order chi connectivity index (χ0) is 29.7. The van der Waals surface area contributed by atoms with Crippen LogP contribution in [0.2, 0.25) is 0 Å². The summed E-state index contributed by atoms with van der Waals surface area (Å²) in [5.41, 5.74) is 0.640. The van der Waals surface area contributed by atoms with Gasteiger partial charge in [0.25, 0.3) is 0 Å². The van der Waals surface area contributed by atoms with Crippen LogP contribution in [0, 0.1) is 24.1 Å². The number of rotatable bonds is 6. The molecular formula is C29H31F4N7O. The molecule has 0 saturated carbocycles. The number of aromatic amines is 1. The topological polar surface area (TPSA) is 93.1 Å². The quantitative estimate of drug-likeness (QED) is 0.253. The second-order valence-corrected chi connectivity index (χ2v) is 9.48. The van der Waals surface area contributed by atoms with Crippen molar-refractivity contribution in [2.24, 2.45) is 0 Å². The molecule has 8 nitrogen and oxygen atoms in total. The van der Waals surface area contributed by atoms with Gasteiger partial charge < -0.3 is 19.9 Å². The van der Waals surface area contributed by atoms with Crippen molar-refractivity contribution in [3.05, 3.63) is 70.9 Å². The highest BCUT2D eigenvalue weighted by Crippen LogP contribution is 2.36. The molecule has 12 heteroatoms. The molecule has 0 atom stereocenters. The summed E-state index contributed by atoms with van der Waals surface area (Å²) >= 11 is 0. The number of alkyl halides is 3. The number of anilines is 2. The van der Waals surface area contributed by atoms with E-state index in [0.717, 1.165) is 31.2 Å². The number of piperazine rings is 1. The fourth-order valence-corrected chi connectivity index (χ4v) is 4.55. The van der Waals surface area contributed by atoms with Gasteiger partial charge in [-0.05, 0) is 49.9 Å². The lowest BCUT2D eigenvalue weighted by atomic mass is 10.0. The molecule has 3 heterocycles. The summed E-state index contributed by atoms with van der Waals surface area (Å²) in [5.74, 6) is -1.10. The van der Waals surface area contributed by atoms with Crippen LogP contribution in [0.3, 0.4) is 0 Å². The summed E-state index contributed by atoms with van der Waals surface area (Å²) in [6.07, 6.45) is -3.49. The molecule has 0 bridgehead atoms. The average Bonchev–Trinajstić information content (AvgIpc) is 3.34. The largest absolute Gasteiger partial charge is 0.434 e. The van der Waals surface area contributed by atoms with Crippen LogP contribution in [0.25, 0.3) is 10.9 Å². The summed E-state index contributed by atoms with van der Waals surface area (Å²) in [5, 5.41) is 12.9. The van der Waals surface area contributed by atoms with Gasteiger partial charge in [0.2, 0.25) is 5.88 Å². The number of hydrogen-bond acceptors (Lipinski definition) is 7. The molecule has 2 aromatic carbocycles. The number of hydrogen-bond donors (Lipinski definition) is 2. The van der Waals surface area contributed by atoms with Crippen molar-refractivity contribution in [3.63, 3.8) is 0 Å². The maximum absolute atomic E-state index is 15.0. The van der Waals surface area contributed by atoms with Gasteiger partial charge in [0, 0.05) is 55.0 Å². The van der Waals surface area contributed by atoms with E-state index < -0.39 is 17.6 Å². The molecule has 0 amide bonds. The van der Waals surface area contributed by atoms with E-state index in [2.05, 4.69) is 25.2 Å². The molecule has 1 fully saturated rings. The summed E-state index contributed by atoms with van der Waals surface area (Å²) in [7, 11) is 1.98. The van der Waals surface area contributed by atoms with Gasteiger partial charge >= 0.3 is 6.18 Å². The SMILES string of the molecule is CC.Cc1cc2c(F)c(Oc3ncnc(Nc4ccc(CN5CCN(C)CC5)c(C(F)(F)F)c4)c3C#N)ccc2[nH]1. The Morgan fingerprint density at radius 1 is 1.07 bits per heavy atom. The highest BCUT2D eigenvalue weighted by Gasteiger charge is 2.34. The van der Waals surface area contributed by atoms with Crippen LogP contribution in [0.5, 0.6) is 11.6 Å². The van der Waals surface area contributed by atoms with Crippen molar-refractivity contribution in [2.45, 2.75) is 33.5 Å². The first kappa shape index (κ1) is 29.8. The Labute approximate surface area is 235 Å². The molecular weight excluding hydrogens is 538 g/mol. The minimum Gasteiger partial charge on any atom is -0.434 e. The van der Waals surface area contributed by atoms with Crippen molar-refractivity contribution < 1.29 is 22.3 Å². The molecule has 1 saturated heterocycles. The third-order valence-electron chi connectivity index (χ3n) is 6.64. The third kappa shape index (κ3) is 6.75. The second kappa shape index (κ2) is 12.5. The maximum atomic E-state index is 15.0. The molecule has 1 aliphatic heterocycles. The smallest absolute Gasteiger partial charge is 0.416 e. The number of ether oxygens (including phenoxy) is 1. The van der Waals surface area contributed by atoms with E-state index in [1.165, 1.54) is 18.2 Å². The monoisotopic (exact) mass is 569 g/mol. The van der Waals surface area contributed by atoms with Gasteiger partial charge in [-0.25, -0.2) is 14.4 Å². The van der Waals surface area contributed by atoms with Crippen LogP contribution in [0.1, 0.15) is 36.2 Å². The van der Waals surface area contributed by atoms with Crippen molar-refractivity contribution in [2.75, 3.05) is 38.5 Å². The lowest BCUT2D eigenvalue weighted by Crippen LogP contribution is -2.44. The number of H-pyrrole nitrogens is 1. The normalized spacial score (nSPS) is 14.3. The lowest BCUT2D eigenvalue weighted by Gasteiger charge is -2.33. The number of nitrogens with one attached hydrogen (secondary N) is 2. The van der Waals surface area contributed by atoms with E-state index in [1.807, 2.05) is 31.9 Å². The van der Waals surface area contributed by atoms with Crippen LogP contribution in [0.15, 0.2) is 42.7 Å². The van der Waals surface area contributed by atoms with Crippen LogP contribution in [-0.2, 0) is 12.7 Å². The minimum absolute atomic E-state index is 0.0681. The Bertz CT molecular complexity index is 1550. The summed E-state index contributed by atoms with van der Waals surface area (Å²) < 4.78 is 62.6. The van der Waals surface area contributed by atoms with Crippen LogP contribution < -0.4 is 10.1 Å². The Kier molecular flexibility index (Phi) is 9.10. The summed E-state index contributed by atoms with van der Waals surface area (Å²) in [6.45, 7) is 8.91. The number of nitrogens with zero attached hydrogens (tertiary/aromatic N) is 5. The Hall–Kier alpha value is -4.21. The predicted octanol–water partition coefficient (Wildman–Crippen LogP) is 6.61. The summed E-state index contributed by atoms with van der Waals surface area (Å²) in [6, 6.07) is 10.5. The first-order chi connectivity index (χ1) is 19.6. The number of likely N-dealkylation sites (N-methyl/N-ethyl adjacent to an activating group) is 1. The molecule has 216 valence electrons. The zero-order valence-corrected chi connectivity index (χ0v) is 23.2. The predicted molar refractivity (Wildman–Crippen MR) is 149 cm³/mol. The standard InChI is InChI=1S/C27H25F4N7O.C2H6/c1-16-11-19-22(35-16)5-6-23(24(19)28)39-26-20(13-32)25(33-15-34-26)36-18-4-3-17(21(12-18)27(29,30)31)14-38-9-7-37(2)8-10-38;1-2/h3-6,11-12,15,35H,7-10,14H2,1-2H3,(H,33,34,36);1-2H3. The van der Waals surface area contributed by atoms with Crippen molar-refractivity contribution in [1.82, 2.24) is 24.8 Å². The Balaban J connectivity index is 0.00000189. The fraction of sp³-hybridized carbons (Fsp3) is 0.345. The molecule has 2 aromatic heterocycles. The Morgan fingerprint density at radius 2 is 1.80 bits per heavy atom. The number of aromatic nitrogens is 3. The number of aryl methyl sites for hydroxylation is 1. The molecule has 1 aliphatic rings. The molecule has 0 unspecified atom stereocenters. The van der Waals surface area contributed by atoms with Gasteiger partial charge in [-0.2, -0.15) is 18.4 Å². The van der Waals surface area contributed by atoms with Crippen molar-refractivity contribution >= 4 is 22.4 Å². The van der Waals surface area contributed by atoms with Gasteiger partial charge in [0.1, 0.15) is 12.4 Å². The first-order valence-electron chi connectivity index (χ1n) is 13.2. The average molecular weight is 570 g/mol. The molecule has 5 rings (SSSR count). The number of nitriles is 1. The van der Waals surface area contributed by atoms with Crippen molar-refractivity contribution in [1.29, 1.82) is 5.26 Å². The molecule has 0 radical (unpaired) electrons. The molecule has 0 aliphatic carbocycles. The van der Waals surface area contributed by atoms with Gasteiger partial charge in [0.15, 0.2) is 22.9 Å². The van der Waals surface area contributed by atoms with E-state index in [4.69, 9.17) is 4.74 Å². The molecule has 41 heavy (non-hydrogen) atoms. The second-order valence-electron chi connectivity index (χ2n) is 9.48. The van der Waals surface area contributed by atoms with Gasteiger partial charge in [-0.1, -0.05) is 19.9 Å². The van der Waals surface area contributed by atoms with Gasteiger partial charge in [-0.15, -0.1) is 0 Å². The minimum atomic E-state index is -4.58. The van der Waals surface area contributed by atoms with E-state index in [-0.39, 0.29) is 40.8 Å². The number of fused-ring (bicyclic) bond motifs is 1. The van der Waals surface area contributed by atoms with Gasteiger partial charge in [-0.3, -0.25) is 4.90 Å². The van der Waals surface area contributed by atoms with E-state index in [1.54, 1.807) is 19.1 Å². The fourth-order valence-electron chi connectivity index (χ4n) is 4.55. The third-order valence-corrected chi connectivity index (χ3v) is 6.64.